The highest BCUT2D eigenvalue weighted by Gasteiger charge is 2.59. The van der Waals surface area contributed by atoms with Crippen molar-refractivity contribution in [2.24, 2.45) is 10.8 Å². The van der Waals surface area contributed by atoms with Crippen LogP contribution in [0.25, 0.3) is 22.3 Å². The fraction of sp³-hybridized carbons (Fsp3) is 0.375. The predicted octanol–water partition coefficient (Wildman–Crippen LogP) is 14.1. The molecule has 256 valence electrons. The maximum absolute atomic E-state index is 2.61. The van der Waals surface area contributed by atoms with E-state index >= 15 is 0 Å². The average Bonchev–Trinajstić information content (AvgIpc) is 3.25. The molecule has 0 aromatic heterocycles. The Hall–Kier alpha value is -3.75. The van der Waals surface area contributed by atoms with E-state index in [1.807, 2.05) is 11.8 Å². The van der Waals surface area contributed by atoms with Gasteiger partial charge in [-0.25, -0.2) is 0 Å². The van der Waals surface area contributed by atoms with Crippen LogP contribution in [-0.4, -0.2) is 0 Å². The minimum absolute atomic E-state index is 0.00649. The van der Waals surface area contributed by atoms with Crippen molar-refractivity contribution in [2.45, 2.75) is 115 Å². The van der Waals surface area contributed by atoms with Crippen LogP contribution in [0.2, 0.25) is 0 Å². The molecule has 1 heterocycles. The first-order valence-electron chi connectivity index (χ1n) is 18.4. The summed E-state index contributed by atoms with van der Waals surface area (Å²) in [4.78, 5) is 5.31. The molecule has 5 aromatic carbocycles. The molecule has 0 spiro atoms. The van der Waals surface area contributed by atoms with E-state index in [2.05, 4.69) is 191 Å². The highest BCUT2D eigenvalue weighted by molar-refractivity contribution is 7.99. The molecule has 0 atom stereocenters. The number of anilines is 3. The lowest BCUT2D eigenvalue weighted by Crippen LogP contribution is -2.42. The van der Waals surface area contributed by atoms with Gasteiger partial charge in [0.05, 0.1) is 11.4 Å². The van der Waals surface area contributed by atoms with Crippen LogP contribution in [0.1, 0.15) is 105 Å². The van der Waals surface area contributed by atoms with Gasteiger partial charge in [-0.2, -0.15) is 0 Å². The van der Waals surface area contributed by atoms with Gasteiger partial charge < -0.3 is 4.90 Å². The third kappa shape index (κ3) is 4.21. The molecule has 0 radical (unpaired) electrons. The van der Waals surface area contributed by atoms with Crippen molar-refractivity contribution in [3.63, 3.8) is 0 Å². The van der Waals surface area contributed by atoms with Crippen LogP contribution in [0.3, 0.4) is 0 Å². The van der Waals surface area contributed by atoms with Crippen LogP contribution in [0.4, 0.5) is 17.1 Å². The number of benzene rings is 5. The molecule has 3 aliphatic rings. The molecule has 1 nitrogen and oxygen atoms in total. The predicted molar refractivity (Wildman–Crippen MR) is 216 cm³/mol. The smallest absolute Gasteiger partial charge is 0.0604 e. The second-order valence-corrected chi connectivity index (χ2v) is 19.5. The normalized spacial score (nSPS) is 20.8. The van der Waals surface area contributed by atoms with E-state index in [4.69, 9.17) is 0 Å². The van der Waals surface area contributed by atoms with Gasteiger partial charge in [-0.1, -0.05) is 156 Å². The first-order valence-corrected chi connectivity index (χ1v) is 19.3. The Labute approximate surface area is 305 Å². The molecule has 0 saturated carbocycles. The zero-order chi connectivity index (χ0) is 35.8. The molecule has 0 unspecified atom stereocenters. The van der Waals surface area contributed by atoms with Crippen molar-refractivity contribution < 1.29 is 0 Å². The first-order chi connectivity index (χ1) is 23.3. The summed E-state index contributed by atoms with van der Waals surface area (Å²) in [6, 6.07) is 39.2. The highest BCUT2D eigenvalue weighted by atomic mass is 32.2. The van der Waals surface area contributed by atoms with Crippen LogP contribution in [-0.2, 0) is 21.7 Å². The minimum atomic E-state index is 0.00649. The number of hydrogen-bond acceptors (Lipinski definition) is 2. The van der Waals surface area contributed by atoms with Crippen LogP contribution in [0, 0.1) is 10.8 Å². The molecule has 8 rings (SSSR count). The molecule has 0 saturated heterocycles. The number of fused-ring (bicyclic) bond motifs is 4. The third-order valence-electron chi connectivity index (χ3n) is 15.2. The number of hydrogen-bond donors (Lipinski definition) is 0. The van der Waals surface area contributed by atoms with E-state index in [-0.39, 0.29) is 32.5 Å². The Morgan fingerprint density at radius 2 is 0.720 bits per heavy atom. The molecule has 0 bridgehead atoms. The van der Waals surface area contributed by atoms with Gasteiger partial charge in [0.25, 0.3) is 0 Å². The third-order valence-corrected chi connectivity index (χ3v) is 16.3. The molecular formula is C48H53NS. The zero-order valence-electron chi connectivity index (χ0n) is 32.2. The van der Waals surface area contributed by atoms with Gasteiger partial charge in [0.1, 0.15) is 0 Å². The van der Waals surface area contributed by atoms with Gasteiger partial charge >= 0.3 is 0 Å². The monoisotopic (exact) mass is 675 g/mol. The summed E-state index contributed by atoms with van der Waals surface area (Å²) >= 11 is 1.97. The summed E-state index contributed by atoms with van der Waals surface area (Å²) in [6.07, 6.45) is 0. The van der Waals surface area contributed by atoms with Gasteiger partial charge in [0.2, 0.25) is 0 Å². The lowest BCUT2D eigenvalue weighted by Gasteiger charge is -2.44. The Balaban J connectivity index is 1.45. The SMILES string of the molecule is CC1(C)c2cc3c(cc2C(C)(C)C1(C)C)N(c1cc(-c2ccccc2)cc(-c2ccccc2)c1)c1cc2c(cc1S3)C(C)(C)C(C)(C)C2(C)C. The summed E-state index contributed by atoms with van der Waals surface area (Å²) in [5.41, 5.74) is 14.9. The zero-order valence-corrected chi connectivity index (χ0v) is 33.0. The fourth-order valence-electron chi connectivity index (χ4n) is 9.49. The van der Waals surface area contributed by atoms with E-state index in [0.29, 0.717) is 0 Å². The Kier molecular flexibility index (Phi) is 6.95. The molecular weight excluding hydrogens is 623 g/mol. The second-order valence-electron chi connectivity index (χ2n) is 18.4. The summed E-state index contributed by atoms with van der Waals surface area (Å²) in [5.74, 6) is 0. The Morgan fingerprint density at radius 1 is 0.380 bits per heavy atom. The number of rotatable bonds is 3. The van der Waals surface area contributed by atoms with E-state index in [1.54, 1.807) is 0 Å². The van der Waals surface area contributed by atoms with Gasteiger partial charge in [-0.3, -0.25) is 0 Å². The van der Waals surface area contributed by atoms with Gasteiger partial charge in [-0.15, -0.1) is 0 Å². The lowest BCUT2D eigenvalue weighted by atomic mass is 9.59. The van der Waals surface area contributed by atoms with Crippen LogP contribution in [0.15, 0.2) is 113 Å². The van der Waals surface area contributed by atoms with Crippen LogP contribution in [0.5, 0.6) is 0 Å². The van der Waals surface area contributed by atoms with Crippen molar-refractivity contribution in [1.29, 1.82) is 0 Å². The van der Waals surface area contributed by atoms with Crippen molar-refractivity contribution in [3.8, 4) is 22.3 Å². The quantitative estimate of drug-likeness (QED) is 0.184. The van der Waals surface area contributed by atoms with E-state index < -0.39 is 0 Å². The molecule has 1 aliphatic heterocycles. The molecule has 50 heavy (non-hydrogen) atoms. The molecule has 0 fully saturated rings. The van der Waals surface area contributed by atoms with Crippen LogP contribution < -0.4 is 4.90 Å². The van der Waals surface area contributed by atoms with Crippen molar-refractivity contribution in [3.05, 3.63) is 125 Å². The topological polar surface area (TPSA) is 3.24 Å². The van der Waals surface area contributed by atoms with Crippen molar-refractivity contribution in [2.75, 3.05) is 4.90 Å². The summed E-state index contributed by atoms with van der Waals surface area (Å²) in [5, 5.41) is 0. The Bertz CT molecular complexity index is 2030. The molecule has 0 amide bonds. The summed E-state index contributed by atoms with van der Waals surface area (Å²) < 4.78 is 0. The maximum atomic E-state index is 2.61. The first kappa shape index (κ1) is 33.4. The average molecular weight is 676 g/mol. The van der Waals surface area contributed by atoms with E-state index in [0.717, 1.165) is 0 Å². The molecule has 2 aliphatic carbocycles. The van der Waals surface area contributed by atoms with E-state index in [9.17, 15) is 0 Å². The molecule has 0 N–H and O–H groups in total. The van der Waals surface area contributed by atoms with Crippen molar-refractivity contribution in [1.82, 2.24) is 0 Å². The highest BCUT2D eigenvalue weighted by Crippen LogP contribution is 2.67. The Morgan fingerprint density at radius 3 is 1.08 bits per heavy atom. The van der Waals surface area contributed by atoms with Gasteiger partial charge in [0, 0.05) is 15.5 Å². The second kappa shape index (κ2) is 10.4. The standard InChI is InChI=1S/C48H53NS/c1-43(2)35-26-39-41(28-37(35)45(5,6)47(43,9)10)50-42-29-38-36(44(3,4)48(11,12)46(38,7)8)27-40(42)49(39)34-24-32(30-19-15-13-16-20-30)23-33(25-34)31-21-17-14-18-22-31/h13-29H,1-12H3. The lowest BCUT2D eigenvalue weighted by molar-refractivity contribution is 0.125. The van der Waals surface area contributed by atoms with Gasteiger partial charge in [-0.05, 0) is 119 Å². The van der Waals surface area contributed by atoms with Crippen molar-refractivity contribution >= 4 is 28.8 Å². The molecule has 5 aromatic rings. The summed E-state index contributed by atoms with van der Waals surface area (Å²) in [6.45, 7) is 29.6. The van der Waals surface area contributed by atoms with Crippen LogP contribution >= 0.6 is 11.8 Å². The van der Waals surface area contributed by atoms with Gasteiger partial charge in [0.15, 0.2) is 0 Å². The minimum Gasteiger partial charge on any atom is -0.308 e. The maximum Gasteiger partial charge on any atom is 0.0604 e. The van der Waals surface area contributed by atoms with E-state index in [1.165, 1.54) is 71.4 Å². The number of nitrogens with zero attached hydrogens (tertiary/aromatic N) is 1. The fourth-order valence-corrected chi connectivity index (χ4v) is 10.6. The molecule has 2 heteroatoms. The summed E-state index contributed by atoms with van der Waals surface area (Å²) in [7, 11) is 0. The largest absolute Gasteiger partial charge is 0.308 e.